The van der Waals surface area contributed by atoms with Gasteiger partial charge in [-0.3, -0.25) is 9.59 Å². The van der Waals surface area contributed by atoms with Gasteiger partial charge >= 0.3 is 0 Å². The van der Waals surface area contributed by atoms with E-state index in [-0.39, 0.29) is 39.7 Å². The third kappa shape index (κ3) is 4.22. The van der Waals surface area contributed by atoms with Crippen LogP contribution in [0.15, 0.2) is 99.3 Å². The van der Waals surface area contributed by atoms with E-state index in [1.165, 1.54) is 65.8 Å². The summed E-state index contributed by atoms with van der Waals surface area (Å²) in [5, 5.41) is 2.72. The summed E-state index contributed by atoms with van der Waals surface area (Å²) in [4.78, 5) is 27.5. The molecule has 1 aliphatic heterocycles. The van der Waals surface area contributed by atoms with Gasteiger partial charge in [-0.1, -0.05) is 24.3 Å². The van der Waals surface area contributed by atoms with Crippen molar-refractivity contribution in [3.8, 4) is 0 Å². The molecule has 0 unspecified atom stereocenters. The average Bonchev–Trinajstić information content (AvgIpc) is 3.38. The Kier molecular flexibility index (Phi) is 5.70. The number of fused-ring (bicyclic) bond motifs is 2. The summed E-state index contributed by atoms with van der Waals surface area (Å²) in [6.07, 6.45) is 1.49. The molecule has 2 heterocycles. The van der Waals surface area contributed by atoms with Gasteiger partial charge in [0.25, 0.3) is 11.8 Å². The molecule has 1 N–H and O–H groups in total. The first-order valence-corrected chi connectivity index (χ1v) is 12.2. The SMILES string of the molecule is O=C(NCc1ccco1)c1ccc2c(c1)N(Cc1ccc(F)cc1)C(=O)c1ccccc1S2(=O)=O. The molecule has 1 aromatic heterocycles. The number of hydrogen-bond donors (Lipinski definition) is 1. The van der Waals surface area contributed by atoms with Gasteiger partial charge in [0.15, 0.2) is 0 Å². The van der Waals surface area contributed by atoms with Gasteiger partial charge in [0.2, 0.25) is 9.84 Å². The van der Waals surface area contributed by atoms with E-state index < -0.39 is 27.5 Å². The molecule has 7 nitrogen and oxygen atoms in total. The van der Waals surface area contributed by atoms with Crippen LogP contribution in [0.25, 0.3) is 0 Å². The Morgan fingerprint density at radius 3 is 2.46 bits per heavy atom. The van der Waals surface area contributed by atoms with E-state index in [0.717, 1.165) is 0 Å². The third-order valence-corrected chi connectivity index (χ3v) is 7.57. The lowest BCUT2D eigenvalue weighted by Gasteiger charge is -2.23. The average molecular weight is 491 g/mol. The number of nitrogens with zero attached hydrogens (tertiary/aromatic N) is 1. The minimum Gasteiger partial charge on any atom is -0.467 e. The Bertz CT molecular complexity index is 1530. The minimum atomic E-state index is -4.06. The van der Waals surface area contributed by atoms with Crippen LogP contribution in [0.2, 0.25) is 0 Å². The number of carbonyl (C=O) groups excluding carboxylic acids is 2. The molecule has 0 atom stereocenters. The maximum Gasteiger partial charge on any atom is 0.259 e. The molecule has 176 valence electrons. The number of benzene rings is 3. The Balaban J connectivity index is 1.61. The number of hydrogen-bond acceptors (Lipinski definition) is 5. The third-order valence-electron chi connectivity index (χ3n) is 5.71. The maximum atomic E-state index is 13.6. The molecule has 0 saturated heterocycles. The molecule has 4 aromatic rings. The highest BCUT2D eigenvalue weighted by atomic mass is 32.2. The zero-order valence-corrected chi connectivity index (χ0v) is 19.1. The number of carbonyl (C=O) groups is 2. The van der Waals surface area contributed by atoms with Crippen LogP contribution in [0, 0.1) is 5.82 Å². The molecule has 0 saturated carbocycles. The van der Waals surface area contributed by atoms with Crippen molar-refractivity contribution >= 4 is 27.3 Å². The van der Waals surface area contributed by atoms with Crippen molar-refractivity contribution in [2.75, 3.05) is 4.90 Å². The normalized spacial score (nSPS) is 14.1. The molecule has 5 rings (SSSR count). The zero-order chi connectivity index (χ0) is 24.6. The van der Waals surface area contributed by atoms with Crippen molar-refractivity contribution < 1.29 is 26.8 Å². The molecule has 0 spiro atoms. The van der Waals surface area contributed by atoms with E-state index in [4.69, 9.17) is 4.42 Å². The quantitative estimate of drug-likeness (QED) is 0.449. The second-order valence-electron chi connectivity index (χ2n) is 7.96. The lowest BCUT2D eigenvalue weighted by atomic mass is 10.1. The van der Waals surface area contributed by atoms with Crippen molar-refractivity contribution in [3.63, 3.8) is 0 Å². The van der Waals surface area contributed by atoms with E-state index in [1.54, 1.807) is 24.3 Å². The second kappa shape index (κ2) is 8.84. The number of sulfone groups is 1. The molecule has 1 aliphatic rings. The van der Waals surface area contributed by atoms with Crippen molar-refractivity contribution in [1.29, 1.82) is 0 Å². The summed E-state index contributed by atoms with van der Waals surface area (Å²) in [7, 11) is -4.06. The van der Waals surface area contributed by atoms with Crippen LogP contribution in [-0.2, 0) is 22.9 Å². The summed E-state index contributed by atoms with van der Waals surface area (Å²) < 4.78 is 45.7. The lowest BCUT2D eigenvalue weighted by molar-refractivity contribution is 0.0945. The molecule has 0 aliphatic carbocycles. The molecular formula is C26H19FN2O5S. The smallest absolute Gasteiger partial charge is 0.259 e. The predicted octanol–water partition coefficient (Wildman–Crippen LogP) is 4.34. The van der Waals surface area contributed by atoms with Gasteiger partial charge in [-0.25, -0.2) is 12.8 Å². The fourth-order valence-electron chi connectivity index (χ4n) is 3.96. The van der Waals surface area contributed by atoms with Crippen LogP contribution >= 0.6 is 0 Å². The molecule has 9 heteroatoms. The number of halogens is 1. The topological polar surface area (TPSA) is 96.7 Å². The van der Waals surface area contributed by atoms with Gasteiger partial charge in [-0.05, 0) is 60.2 Å². The van der Waals surface area contributed by atoms with Crippen LogP contribution in [0.3, 0.4) is 0 Å². The van der Waals surface area contributed by atoms with Crippen molar-refractivity contribution in [1.82, 2.24) is 5.32 Å². The van der Waals surface area contributed by atoms with Crippen LogP contribution in [0.5, 0.6) is 0 Å². The van der Waals surface area contributed by atoms with Gasteiger partial charge in [-0.2, -0.15) is 0 Å². The Morgan fingerprint density at radius 1 is 0.943 bits per heavy atom. The molecule has 0 fully saturated rings. The first kappa shape index (κ1) is 22.5. The molecule has 35 heavy (non-hydrogen) atoms. The van der Waals surface area contributed by atoms with E-state index in [0.29, 0.717) is 11.3 Å². The molecule has 2 amide bonds. The summed E-state index contributed by atoms with van der Waals surface area (Å²) >= 11 is 0. The first-order chi connectivity index (χ1) is 16.8. The lowest BCUT2D eigenvalue weighted by Crippen LogP contribution is -2.31. The Hall–Kier alpha value is -4.24. The highest BCUT2D eigenvalue weighted by Crippen LogP contribution is 2.38. The van der Waals surface area contributed by atoms with Crippen LogP contribution < -0.4 is 10.2 Å². The van der Waals surface area contributed by atoms with E-state index >= 15 is 0 Å². The minimum absolute atomic E-state index is 0.0204. The fourth-order valence-corrected chi connectivity index (χ4v) is 5.59. The highest BCUT2D eigenvalue weighted by molar-refractivity contribution is 7.91. The van der Waals surface area contributed by atoms with Crippen molar-refractivity contribution in [2.24, 2.45) is 0 Å². The second-order valence-corrected chi connectivity index (χ2v) is 9.85. The monoisotopic (exact) mass is 490 g/mol. The summed E-state index contributed by atoms with van der Waals surface area (Å²) in [6.45, 7) is 0.123. The van der Waals surface area contributed by atoms with Crippen LogP contribution in [0.4, 0.5) is 10.1 Å². The number of rotatable bonds is 5. The van der Waals surface area contributed by atoms with Crippen molar-refractivity contribution in [2.45, 2.75) is 22.9 Å². The highest BCUT2D eigenvalue weighted by Gasteiger charge is 2.36. The van der Waals surface area contributed by atoms with Gasteiger partial charge in [0, 0.05) is 5.56 Å². The molecular weight excluding hydrogens is 471 g/mol. The van der Waals surface area contributed by atoms with E-state index in [1.807, 2.05) is 0 Å². The van der Waals surface area contributed by atoms with Crippen LogP contribution in [-0.4, -0.2) is 20.2 Å². The number of nitrogens with one attached hydrogen (secondary N) is 1. The van der Waals surface area contributed by atoms with Gasteiger partial charge in [0.05, 0.1) is 40.4 Å². The number of amides is 2. The zero-order valence-electron chi connectivity index (χ0n) is 18.3. The molecule has 0 bridgehead atoms. The van der Waals surface area contributed by atoms with Crippen LogP contribution in [0.1, 0.15) is 32.0 Å². The largest absolute Gasteiger partial charge is 0.467 e. The maximum absolute atomic E-state index is 13.6. The first-order valence-electron chi connectivity index (χ1n) is 10.7. The summed E-state index contributed by atoms with van der Waals surface area (Å²) in [6, 6.07) is 19.1. The Labute approximate surface area is 200 Å². The predicted molar refractivity (Wildman–Crippen MR) is 125 cm³/mol. The summed E-state index contributed by atoms with van der Waals surface area (Å²) in [5.74, 6) is -0.878. The molecule has 3 aromatic carbocycles. The van der Waals surface area contributed by atoms with Gasteiger partial charge in [0.1, 0.15) is 11.6 Å². The van der Waals surface area contributed by atoms with Gasteiger partial charge in [-0.15, -0.1) is 0 Å². The van der Waals surface area contributed by atoms with Crippen molar-refractivity contribution in [3.05, 3.63) is 113 Å². The summed E-state index contributed by atoms with van der Waals surface area (Å²) in [5.41, 5.74) is 0.860. The standard InChI is InChI=1S/C26H19FN2O5S/c27-19-10-7-17(8-11-19)16-29-22-14-18(25(30)28-15-20-4-3-13-34-20)9-12-24(22)35(32,33)23-6-2-1-5-21(23)26(29)31/h1-14H,15-16H2,(H,28,30). The Morgan fingerprint density at radius 2 is 1.71 bits per heavy atom. The van der Waals surface area contributed by atoms with E-state index in [2.05, 4.69) is 5.32 Å². The molecule has 0 radical (unpaired) electrons. The van der Waals surface area contributed by atoms with Gasteiger partial charge < -0.3 is 14.6 Å². The van der Waals surface area contributed by atoms with E-state index in [9.17, 15) is 22.4 Å². The number of furan rings is 1. The fraction of sp³-hybridized carbons (Fsp3) is 0.0769. The number of anilines is 1.